The van der Waals surface area contributed by atoms with Gasteiger partial charge in [-0.15, -0.1) is 11.3 Å². The molecule has 6 nitrogen and oxygen atoms in total. The molecule has 0 atom stereocenters. The van der Waals surface area contributed by atoms with Crippen molar-refractivity contribution >= 4 is 45.1 Å². The summed E-state index contributed by atoms with van der Waals surface area (Å²) in [5, 5.41) is 5.01. The molecule has 162 valence electrons. The van der Waals surface area contributed by atoms with E-state index in [4.69, 9.17) is 21.1 Å². The lowest BCUT2D eigenvalue weighted by molar-refractivity contribution is 0.0339. The van der Waals surface area contributed by atoms with Crippen LogP contribution in [0.25, 0.3) is 10.1 Å². The fraction of sp³-hybridized carbons (Fsp3) is 0.273. The lowest BCUT2D eigenvalue weighted by atomic mass is 10.1. The van der Waals surface area contributed by atoms with E-state index in [0.29, 0.717) is 20.0 Å². The molecule has 3 aromatic rings. The maximum Gasteiger partial charge on any atom is 0.283 e. The standard InChI is InChI=1S/C22H21ClFN3O3S/c1-29-18-5-2-14(10-15(18)13-27-6-8-30-9-7-27)12-25-26-22(28)21-20(23)17-4-3-16(24)11-19(17)31-21/h2-5,10-12H,6-9,13H2,1H3,(H,26,28)/b25-12+. The van der Waals surface area contributed by atoms with Crippen LogP contribution in [0.4, 0.5) is 4.39 Å². The predicted octanol–water partition coefficient (Wildman–Crippen LogP) is 4.30. The van der Waals surface area contributed by atoms with Crippen molar-refractivity contribution in [3.8, 4) is 5.75 Å². The van der Waals surface area contributed by atoms with Gasteiger partial charge in [0, 0.05) is 35.3 Å². The van der Waals surface area contributed by atoms with Gasteiger partial charge in [-0.1, -0.05) is 11.6 Å². The fourth-order valence-electron chi connectivity index (χ4n) is 3.40. The average molecular weight is 462 g/mol. The highest BCUT2D eigenvalue weighted by Crippen LogP contribution is 2.35. The molecule has 1 aromatic heterocycles. The SMILES string of the molecule is COc1ccc(/C=N/NC(=O)c2sc3cc(F)ccc3c2Cl)cc1CN1CCOCC1. The highest BCUT2D eigenvalue weighted by atomic mass is 35.5. The lowest BCUT2D eigenvalue weighted by Crippen LogP contribution is -2.35. The number of hydrogen-bond donors (Lipinski definition) is 1. The van der Waals surface area contributed by atoms with Crippen molar-refractivity contribution in [2.75, 3.05) is 33.4 Å². The molecular weight excluding hydrogens is 441 g/mol. The van der Waals surface area contributed by atoms with Crippen LogP contribution >= 0.6 is 22.9 Å². The third-order valence-electron chi connectivity index (χ3n) is 4.98. The van der Waals surface area contributed by atoms with Gasteiger partial charge in [-0.2, -0.15) is 5.10 Å². The normalized spacial score (nSPS) is 14.9. The Labute approximate surface area is 188 Å². The Bertz CT molecular complexity index is 1130. The Morgan fingerprint density at radius 2 is 2.13 bits per heavy atom. The number of morpholine rings is 1. The third-order valence-corrected chi connectivity index (χ3v) is 6.64. The van der Waals surface area contributed by atoms with E-state index >= 15 is 0 Å². The number of carbonyl (C=O) groups excluding carboxylic acids is 1. The fourth-order valence-corrected chi connectivity index (χ4v) is 4.84. The number of halogens is 2. The zero-order valence-electron chi connectivity index (χ0n) is 16.9. The van der Waals surface area contributed by atoms with Gasteiger partial charge in [-0.3, -0.25) is 9.69 Å². The minimum atomic E-state index is -0.440. The second kappa shape index (κ2) is 9.74. The van der Waals surface area contributed by atoms with Gasteiger partial charge >= 0.3 is 0 Å². The zero-order valence-corrected chi connectivity index (χ0v) is 18.4. The van der Waals surface area contributed by atoms with Crippen LogP contribution in [0.3, 0.4) is 0 Å². The number of rotatable bonds is 6. The van der Waals surface area contributed by atoms with E-state index in [9.17, 15) is 9.18 Å². The Balaban J connectivity index is 1.46. The summed E-state index contributed by atoms with van der Waals surface area (Å²) in [6.07, 6.45) is 1.57. The maximum atomic E-state index is 13.4. The van der Waals surface area contributed by atoms with E-state index in [1.54, 1.807) is 19.4 Å². The summed E-state index contributed by atoms with van der Waals surface area (Å²) in [4.78, 5) is 15.1. The number of thiophene rings is 1. The van der Waals surface area contributed by atoms with Crippen LogP contribution < -0.4 is 10.2 Å². The molecule has 1 aliphatic heterocycles. The van der Waals surface area contributed by atoms with Crippen LogP contribution in [-0.2, 0) is 11.3 Å². The van der Waals surface area contributed by atoms with Crippen molar-refractivity contribution in [2.45, 2.75) is 6.54 Å². The highest BCUT2D eigenvalue weighted by Gasteiger charge is 2.17. The van der Waals surface area contributed by atoms with Gasteiger partial charge in [-0.05, 0) is 42.0 Å². The van der Waals surface area contributed by atoms with E-state index < -0.39 is 5.91 Å². The van der Waals surface area contributed by atoms with Gasteiger partial charge in [0.05, 0.1) is 31.6 Å². The molecule has 1 aliphatic rings. The maximum absolute atomic E-state index is 13.4. The average Bonchev–Trinajstić information content (AvgIpc) is 3.10. The molecule has 1 amide bonds. The number of fused-ring (bicyclic) bond motifs is 1. The number of benzene rings is 2. The van der Waals surface area contributed by atoms with E-state index in [0.717, 1.165) is 61.1 Å². The minimum absolute atomic E-state index is 0.294. The number of hydrazone groups is 1. The number of carbonyl (C=O) groups is 1. The number of ether oxygens (including phenoxy) is 2. The van der Waals surface area contributed by atoms with Crippen LogP contribution in [0.1, 0.15) is 20.8 Å². The van der Waals surface area contributed by atoms with Crippen LogP contribution in [-0.4, -0.2) is 50.4 Å². The smallest absolute Gasteiger partial charge is 0.283 e. The number of hydrogen-bond acceptors (Lipinski definition) is 6. The van der Waals surface area contributed by atoms with Crippen molar-refractivity contribution in [1.82, 2.24) is 10.3 Å². The molecule has 1 saturated heterocycles. The molecule has 1 N–H and O–H groups in total. The molecule has 31 heavy (non-hydrogen) atoms. The number of amides is 1. The first kappa shape index (κ1) is 21.7. The molecule has 9 heteroatoms. The number of nitrogens with zero attached hydrogens (tertiary/aromatic N) is 2. The molecule has 1 fully saturated rings. The molecule has 0 saturated carbocycles. The summed E-state index contributed by atoms with van der Waals surface area (Å²) in [7, 11) is 1.65. The van der Waals surface area contributed by atoms with Crippen molar-refractivity contribution in [3.63, 3.8) is 0 Å². The van der Waals surface area contributed by atoms with Gasteiger partial charge in [0.1, 0.15) is 16.4 Å². The van der Waals surface area contributed by atoms with Gasteiger partial charge in [-0.25, -0.2) is 9.82 Å². The molecule has 0 unspecified atom stereocenters. The van der Waals surface area contributed by atoms with Crippen molar-refractivity contribution in [2.24, 2.45) is 5.10 Å². The first-order chi connectivity index (χ1) is 15.0. The monoisotopic (exact) mass is 461 g/mol. The summed E-state index contributed by atoms with van der Waals surface area (Å²) in [5.41, 5.74) is 4.36. The molecule has 0 bridgehead atoms. The summed E-state index contributed by atoms with van der Waals surface area (Å²) < 4.78 is 24.9. The van der Waals surface area contributed by atoms with Crippen LogP contribution in [0, 0.1) is 5.82 Å². The Kier molecular flexibility index (Phi) is 6.82. The van der Waals surface area contributed by atoms with Crippen molar-refractivity contribution < 1.29 is 18.7 Å². The molecule has 2 heterocycles. The number of nitrogens with one attached hydrogen (secondary N) is 1. The van der Waals surface area contributed by atoms with Crippen molar-refractivity contribution in [3.05, 3.63) is 63.2 Å². The van der Waals surface area contributed by atoms with Gasteiger partial charge in [0.15, 0.2) is 0 Å². The topological polar surface area (TPSA) is 63.2 Å². The van der Waals surface area contributed by atoms with Gasteiger partial charge in [0.2, 0.25) is 0 Å². The van der Waals surface area contributed by atoms with Crippen molar-refractivity contribution in [1.29, 1.82) is 0 Å². The third kappa shape index (κ3) is 5.04. The molecule has 0 radical (unpaired) electrons. The summed E-state index contributed by atoms with van der Waals surface area (Å²) in [5.74, 6) is -0.00957. The molecular formula is C22H21ClFN3O3S. The largest absolute Gasteiger partial charge is 0.496 e. The van der Waals surface area contributed by atoms with E-state index in [1.807, 2.05) is 18.2 Å². The molecule has 4 rings (SSSR count). The molecule has 2 aromatic carbocycles. The first-order valence-electron chi connectivity index (χ1n) is 9.73. The van der Waals surface area contributed by atoms with Crippen LogP contribution in [0.5, 0.6) is 5.75 Å². The van der Waals surface area contributed by atoms with Crippen LogP contribution in [0.15, 0.2) is 41.5 Å². The van der Waals surface area contributed by atoms with E-state index in [2.05, 4.69) is 15.4 Å². The molecule has 0 spiro atoms. The summed E-state index contributed by atoms with van der Waals surface area (Å²) >= 11 is 7.42. The van der Waals surface area contributed by atoms with E-state index in [1.165, 1.54) is 12.1 Å². The summed E-state index contributed by atoms with van der Waals surface area (Å²) in [6, 6.07) is 9.98. The second-order valence-corrected chi connectivity index (χ2v) is 8.47. The second-order valence-electron chi connectivity index (χ2n) is 7.04. The lowest BCUT2D eigenvalue weighted by Gasteiger charge is -2.27. The van der Waals surface area contributed by atoms with Crippen LogP contribution in [0.2, 0.25) is 5.02 Å². The van der Waals surface area contributed by atoms with E-state index in [-0.39, 0.29) is 5.82 Å². The Morgan fingerprint density at radius 3 is 2.90 bits per heavy atom. The highest BCUT2D eigenvalue weighted by molar-refractivity contribution is 7.21. The molecule has 0 aliphatic carbocycles. The van der Waals surface area contributed by atoms with Gasteiger partial charge in [0.25, 0.3) is 5.91 Å². The Morgan fingerprint density at radius 1 is 1.32 bits per heavy atom. The zero-order chi connectivity index (χ0) is 21.8. The number of methoxy groups -OCH3 is 1. The minimum Gasteiger partial charge on any atom is -0.496 e. The summed E-state index contributed by atoms with van der Waals surface area (Å²) in [6.45, 7) is 3.94. The quantitative estimate of drug-likeness (QED) is 0.439. The van der Waals surface area contributed by atoms with Gasteiger partial charge < -0.3 is 9.47 Å². The first-order valence-corrected chi connectivity index (χ1v) is 10.9. The predicted molar refractivity (Wildman–Crippen MR) is 121 cm³/mol. The Hall–Kier alpha value is -2.52.